The first-order chi connectivity index (χ1) is 11.4. The Bertz CT molecular complexity index is 828. The molecule has 2 atom stereocenters. The van der Waals surface area contributed by atoms with Gasteiger partial charge >= 0.3 is 0 Å². The maximum atomic E-state index is 13.2. The van der Waals surface area contributed by atoms with Crippen molar-refractivity contribution in [2.45, 2.75) is 23.0 Å². The number of hydrogen-bond acceptors (Lipinski definition) is 4. The Morgan fingerprint density at radius 2 is 1.54 bits per heavy atom. The molecule has 0 spiro atoms. The minimum Gasteiger partial charge on any atom is -0.330 e. The van der Waals surface area contributed by atoms with Crippen LogP contribution in [0, 0.1) is 12.3 Å². The molecule has 0 radical (unpaired) electrons. The summed E-state index contributed by atoms with van der Waals surface area (Å²) in [6.07, 6.45) is 0. The third kappa shape index (κ3) is 2.71. The maximum Gasteiger partial charge on any atom is 0.182 e. The summed E-state index contributed by atoms with van der Waals surface area (Å²) in [6.45, 7) is 2.43. The Hall–Kier alpha value is -1.21. The molecular weight excluding hydrogens is 388 g/mol. The number of aryl methyl sites for hydroxylation is 1. The molecule has 3 rings (SSSR count). The zero-order chi connectivity index (χ0) is 17.5. The lowest BCUT2D eigenvalue weighted by Crippen LogP contribution is -2.31. The first kappa shape index (κ1) is 17.6. The number of halogens is 1. The number of hydrogen-bond donors (Lipinski definition) is 2. The lowest BCUT2D eigenvalue weighted by atomic mass is 9.99. The van der Waals surface area contributed by atoms with E-state index in [0.717, 1.165) is 15.6 Å². The van der Waals surface area contributed by atoms with Crippen molar-refractivity contribution in [2.75, 3.05) is 13.1 Å². The Balaban J connectivity index is 2.04. The molecule has 0 unspecified atom stereocenters. The summed E-state index contributed by atoms with van der Waals surface area (Å²) in [7, 11) is -3.49. The zero-order valence-corrected chi connectivity index (χ0v) is 15.8. The topological polar surface area (TPSA) is 86.2 Å². The molecule has 24 heavy (non-hydrogen) atoms. The van der Waals surface area contributed by atoms with Crippen molar-refractivity contribution in [3.05, 3.63) is 64.1 Å². The Morgan fingerprint density at radius 1 is 1.00 bits per heavy atom. The second kappa shape index (κ2) is 6.26. The average molecular weight is 409 g/mol. The van der Waals surface area contributed by atoms with Crippen LogP contribution >= 0.6 is 15.9 Å². The molecule has 1 saturated carbocycles. The van der Waals surface area contributed by atoms with Gasteiger partial charge in [-0.05, 0) is 36.8 Å². The van der Waals surface area contributed by atoms with Crippen LogP contribution in [0.3, 0.4) is 0 Å². The van der Waals surface area contributed by atoms with Gasteiger partial charge in [-0.1, -0.05) is 45.8 Å². The molecule has 0 aliphatic heterocycles. The lowest BCUT2D eigenvalue weighted by molar-refractivity contribution is 0.510. The summed E-state index contributed by atoms with van der Waals surface area (Å²) in [4.78, 5) is 0.337. The van der Waals surface area contributed by atoms with E-state index in [1.54, 1.807) is 12.1 Å². The quantitative estimate of drug-likeness (QED) is 0.795. The minimum absolute atomic E-state index is 0.174. The fourth-order valence-corrected chi connectivity index (χ4v) is 6.30. The van der Waals surface area contributed by atoms with E-state index in [0.29, 0.717) is 4.90 Å². The maximum absolute atomic E-state index is 13.2. The number of benzene rings is 2. The van der Waals surface area contributed by atoms with Crippen LogP contribution in [0.5, 0.6) is 0 Å². The van der Waals surface area contributed by atoms with Gasteiger partial charge in [0.15, 0.2) is 9.84 Å². The third-order valence-electron chi connectivity index (χ3n) is 5.05. The van der Waals surface area contributed by atoms with Crippen LogP contribution in [-0.4, -0.2) is 26.8 Å². The van der Waals surface area contributed by atoms with E-state index in [2.05, 4.69) is 15.9 Å². The van der Waals surface area contributed by atoms with Gasteiger partial charge in [0.1, 0.15) is 0 Å². The highest BCUT2D eigenvalue weighted by Crippen LogP contribution is 2.63. The Labute approximate surface area is 151 Å². The highest BCUT2D eigenvalue weighted by molar-refractivity contribution is 9.10. The fraction of sp³-hybridized carbons (Fsp3) is 0.333. The normalized spacial score (nSPS) is 22.3. The van der Waals surface area contributed by atoms with Crippen LogP contribution in [0.4, 0.5) is 0 Å². The van der Waals surface area contributed by atoms with E-state index < -0.39 is 20.5 Å². The van der Waals surface area contributed by atoms with E-state index in [-0.39, 0.29) is 19.0 Å². The van der Waals surface area contributed by atoms with Crippen LogP contribution in [0.1, 0.15) is 17.0 Å². The van der Waals surface area contributed by atoms with Crippen molar-refractivity contribution in [2.24, 2.45) is 16.9 Å². The van der Waals surface area contributed by atoms with Gasteiger partial charge in [-0.3, -0.25) is 0 Å². The first-order valence-corrected chi connectivity index (χ1v) is 10.2. The van der Waals surface area contributed by atoms with Crippen molar-refractivity contribution in [3.8, 4) is 0 Å². The largest absolute Gasteiger partial charge is 0.330 e. The molecule has 2 aromatic rings. The summed E-state index contributed by atoms with van der Waals surface area (Å²) < 4.78 is 27.3. The van der Waals surface area contributed by atoms with Gasteiger partial charge in [-0.25, -0.2) is 8.42 Å². The highest BCUT2D eigenvalue weighted by atomic mass is 79.9. The predicted molar refractivity (Wildman–Crippen MR) is 99.6 cm³/mol. The van der Waals surface area contributed by atoms with Gasteiger partial charge in [0.2, 0.25) is 0 Å². The summed E-state index contributed by atoms with van der Waals surface area (Å²) in [6, 6.07) is 14.7. The van der Waals surface area contributed by atoms with Crippen molar-refractivity contribution in [3.63, 3.8) is 0 Å². The third-order valence-corrected chi connectivity index (χ3v) is 7.92. The molecule has 2 aromatic carbocycles. The van der Waals surface area contributed by atoms with Crippen LogP contribution in [-0.2, 0) is 9.84 Å². The first-order valence-electron chi connectivity index (χ1n) is 7.83. The number of sulfone groups is 1. The number of rotatable bonds is 5. The molecular formula is C18H21BrN2O2S. The van der Waals surface area contributed by atoms with Crippen LogP contribution in [0.15, 0.2) is 57.9 Å². The molecule has 6 heteroatoms. The molecule has 128 valence electrons. The smallest absolute Gasteiger partial charge is 0.182 e. The molecule has 0 amide bonds. The highest BCUT2D eigenvalue weighted by Gasteiger charge is 2.69. The molecule has 1 aliphatic carbocycles. The second-order valence-electron chi connectivity index (χ2n) is 6.45. The summed E-state index contributed by atoms with van der Waals surface area (Å²) >= 11 is 3.41. The summed E-state index contributed by atoms with van der Waals surface area (Å²) in [5.74, 6) is -0.174. The van der Waals surface area contributed by atoms with Gasteiger partial charge in [-0.15, -0.1) is 0 Å². The summed E-state index contributed by atoms with van der Waals surface area (Å²) in [5.41, 5.74) is 13.3. The molecule has 1 fully saturated rings. The Kier molecular flexibility index (Phi) is 4.59. The zero-order valence-electron chi connectivity index (χ0n) is 13.4. The van der Waals surface area contributed by atoms with E-state index in [1.165, 1.54) is 0 Å². The second-order valence-corrected chi connectivity index (χ2v) is 9.43. The molecule has 0 saturated heterocycles. The van der Waals surface area contributed by atoms with Crippen molar-refractivity contribution >= 4 is 25.8 Å². The van der Waals surface area contributed by atoms with Gasteiger partial charge in [0.25, 0.3) is 0 Å². The standard InChI is InChI=1S/C18H21BrN2O2S/c1-12-2-8-15(9-3-12)24(22,23)17-16(18(17,10-20)11-21)13-4-6-14(19)7-5-13/h2-9,16-17H,10-11,20-21H2,1H3/t16-,17-/m0/s1. The van der Waals surface area contributed by atoms with E-state index in [4.69, 9.17) is 11.5 Å². The van der Waals surface area contributed by atoms with Crippen LogP contribution in [0.25, 0.3) is 0 Å². The van der Waals surface area contributed by atoms with Crippen LogP contribution < -0.4 is 11.5 Å². The van der Waals surface area contributed by atoms with E-state index in [1.807, 2.05) is 43.3 Å². The van der Waals surface area contributed by atoms with Gasteiger partial charge in [-0.2, -0.15) is 0 Å². The van der Waals surface area contributed by atoms with Crippen molar-refractivity contribution in [1.29, 1.82) is 0 Å². The van der Waals surface area contributed by atoms with Crippen molar-refractivity contribution in [1.82, 2.24) is 0 Å². The van der Waals surface area contributed by atoms with Crippen LogP contribution in [0.2, 0.25) is 0 Å². The fourth-order valence-electron chi connectivity index (χ4n) is 3.56. The monoisotopic (exact) mass is 408 g/mol. The van der Waals surface area contributed by atoms with Gasteiger partial charge in [0.05, 0.1) is 10.1 Å². The van der Waals surface area contributed by atoms with Gasteiger partial charge < -0.3 is 11.5 Å². The SMILES string of the molecule is Cc1ccc(S(=O)(=O)[C@H]2[C@H](c3ccc(Br)cc3)C2(CN)CN)cc1. The number of nitrogens with two attached hydrogens (primary N) is 2. The molecule has 0 heterocycles. The minimum atomic E-state index is -3.49. The molecule has 0 aromatic heterocycles. The van der Waals surface area contributed by atoms with E-state index in [9.17, 15) is 8.42 Å². The molecule has 1 aliphatic rings. The molecule has 4 nitrogen and oxygen atoms in total. The molecule has 0 bridgehead atoms. The predicted octanol–water partition coefficient (Wildman–Crippen LogP) is 2.60. The van der Waals surface area contributed by atoms with E-state index >= 15 is 0 Å². The van der Waals surface area contributed by atoms with Crippen molar-refractivity contribution < 1.29 is 8.42 Å². The molecule has 4 N–H and O–H groups in total. The Morgan fingerprint density at radius 3 is 2.04 bits per heavy atom. The van der Waals surface area contributed by atoms with Gasteiger partial charge in [0, 0.05) is 28.9 Å². The summed E-state index contributed by atoms with van der Waals surface area (Å²) in [5, 5.41) is -0.580. The lowest BCUT2D eigenvalue weighted by Gasteiger charge is -2.13. The average Bonchev–Trinajstić information content (AvgIpc) is 3.26.